The van der Waals surface area contributed by atoms with Crippen LogP contribution in [0.5, 0.6) is 23.0 Å². The van der Waals surface area contributed by atoms with E-state index in [-0.39, 0.29) is 24.5 Å². The first-order valence-electron chi connectivity index (χ1n) is 9.63. The predicted molar refractivity (Wildman–Crippen MR) is 103 cm³/mol. The van der Waals surface area contributed by atoms with Crippen molar-refractivity contribution in [3.8, 4) is 23.0 Å². The fourth-order valence-electron chi connectivity index (χ4n) is 4.67. The minimum Gasteiger partial charge on any atom is -0.493 e. The van der Waals surface area contributed by atoms with E-state index < -0.39 is 5.92 Å². The lowest BCUT2D eigenvalue weighted by Gasteiger charge is -2.38. The topological polar surface area (TPSA) is 74.3 Å². The summed E-state index contributed by atoms with van der Waals surface area (Å²) in [6, 6.07) is 6.66. The molecule has 0 fully saturated rings. The highest BCUT2D eigenvalue weighted by Gasteiger charge is 2.51. The largest absolute Gasteiger partial charge is 0.493 e. The van der Waals surface area contributed by atoms with Crippen LogP contribution in [0.1, 0.15) is 57.1 Å². The zero-order valence-corrected chi connectivity index (χ0v) is 16.5. The molecule has 3 aliphatic rings. The van der Waals surface area contributed by atoms with Crippen LogP contribution in [-0.4, -0.2) is 44.1 Å². The average molecular weight is 395 g/mol. The molecule has 2 atom stereocenters. The quantitative estimate of drug-likeness (QED) is 0.791. The van der Waals surface area contributed by atoms with Crippen LogP contribution in [0.2, 0.25) is 0 Å². The molecule has 7 heteroatoms. The van der Waals surface area contributed by atoms with Crippen molar-refractivity contribution in [3.05, 3.63) is 46.5 Å². The van der Waals surface area contributed by atoms with E-state index in [1.807, 2.05) is 13.0 Å². The number of ketones is 1. The van der Waals surface area contributed by atoms with Gasteiger partial charge in [-0.3, -0.25) is 9.59 Å². The van der Waals surface area contributed by atoms with E-state index in [2.05, 4.69) is 0 Å². The fourth-order valence-corrected chi connectivity index (χ4v) is 4.67. The zero-order chi connectivity index (χ0) is 20.3. The summed E-state index contributed by atoms with van der Waals surface area (Å²) in [5.74, 6) is 1.52. The van der Waals surface area contributed by atoms with Crippen molar-refractivity contribution >= 4 is 11.7 Å². The van der Waals surface area contributed by atoms with Gasteiger partial charge in [-0.15, -0.1) is 0 Å². The molecule has 1 amide bonds. The Labute approximate surface area is 168 Å². The van der Waals surface area contributed by atoms with E-state index >= 15 is 0 Å². The van der Waals surface area contributed by atoms with Gasteiger partial charge >= 0.3 is 0 Å². The minimum absolute atomic E-state index is 0.0228. The number of benzene rings is 2. The number of carbonyl (C=O) groups excluding carboxylic acids is 2. The van der Waals surface area contributed by atoms with Crippen LogP contribution >= 0.6 is 0 Å². The van der Waals surface area contributed by atoms with Gasteiger partial charge in [0.2, 0.25) is 6.79 Å². The van der Waals surface area contributed by atoms with Crippen LogP contribution in [0.4, 0.5) is 0 Å². The Kier molecular flexibility index (Phi) is 3.94. The van der Waals surface area contributed by atoms with Gasteiger partial charge in [0.05, 0.1) is 26.2 Å². The summed E-state index contributed by atoms with van der Waals surface area (Å²) in [5, 5.41) is 0. The molecule has 0 spiro atoms. The Morgan fingerprint density at radius 3 is 2.34 bits per heavy atom. The third-order valence-corrected chi connectivity index (χ3v) is 5.91. The third kappa shape index (κ3) is 2.36. The summed E-state index contributed by atoms with van der Waals surface area (Å²) in [6.45, 7) is 2.70. The van der Waals surface area contributed by atoms with Crippen molar-refractivity contribution in [1.82, 2.24) is 4.90 Å². The highest BCUT2D eigenvalue weighted by atomic mass is 16.7. The van der Waals surface area contributed by atoms with Crippen LogP contribution in [0, 0.1) is 0 Å². The van der Waals surface area contributed by atoms with Gasteiger partial charge in [-0.2, -0.15) is 0 Å². The van der Waals surface area contributed by atoms with Crippen molar-refractivity contribution in [2.45, 2.75) is 25.3 Å². The number of hydrogen-bond acceptors (Lipinski definition) is 6. The maximum Gasteiger partial charge on any atom is 0.254 e. The van der Waals surface area contributed by atoms with Gasteiger partial charge in [0.25, 0.3) is 5.91 Å². The highest BCUT2D eigenvalue weighted by Crippen LogP contribution is 2.54. The lowest BCUT2D eigenvalue weighted by Crippen LogP contribution is -2.42. The molecule has 2 aromatic rings. The molecule has 0 N–H and O–H groups in total. The Hall–Kier alpha value is -3.22. The molecule has 150 valence electrons. The Morgan fingerprint density at radius 2 is 1.66 bits per heavy atom. The number of hydrogen-bond donors (Lipinski definition) is 0. The number of amides is 1. The van der Waals surface area contributed by atoms with Gasteiger partial charge in [-0.1, -0.05) is 6.92 Å². The molecule has 1 aliphatic carbocycles. The van der Waals surface area contributed by atoms with Crippen LogP contribution in [0.25, 0.3) is 0 Å². The van der Waals surface area contributed by atoms with Gasteiger partial charge in [-0.25, -0.2) is 0 Å². The predicted octanol–water partition coefficient (Wildman–Crippen LogP) is 3.32. The Balaban J connectivity index is 1.74. The smallest absolute Gasteiger partial charge is 0.254 e. The first kappa shape index (κ1) is 17.8. The van der Waals surface area contributed by atoms with Crippen molar-refractivity contribution in [1.29, 1.82) is 0 Å². The van der Waals surface area contributed by atoms with Crippen molar-refractivity contribution in [2.75, 3.05) is 27.6 Å². The van der Waals surface area contributed by atoms with E-state index in [1.54, 1.807) is 30.2 Å². The lowest BCUT2D eigenvalue weighted by atomic mass is 9.82. The molecule has 5 rings (SSSR count). The van der Waals surface area contributed by atoms with Crippen LogP contribution in [0.3, 0.4) is 0 Å². The number of ether oxygens (including phenoxy) is 4. The molecule has 0 unspecified atom stereocenters. The van der Waals surface area contributed by atoms with Gasteiger partial charge in [0, 0.05) is 17.7 Å². The van der Waals surface area contributed by atoms with Crippen molar-refractivity contribution in [2.24, 2.45) is 0 Å². The lowest BCUT2D eigenvalue weighted by molar-refractivity contribution is 0.0606. The van der Waals surface area contributed by atoms with Crippen LogP contribution in [-0.2, 0) is 0 Å². The van der Waals surface area contributed by atoms with Gasteiger partial charge in [-0.05, 0) is 41.8 Å². The Bertz CT molecular complexity index is 1050. The second-order valence-corrected chi connectivity index (χ2v) is 7.37. The molecule has 2 aliphatic heterocycles. The molecule has 0 saturated heterocycles. The van der Waals surface area contributed by atoms with Crippen LogP contribution < -0.4 is 18.9 Å². The molecular formula is C22H21NO6. The standard InChI is InChI=1S/C22H21NO6/c1-4-5-23-20-12-7-17-18(29-10-28-17)8-13(12)21(24)19(20)11-6-15(26-2)16(27-3)9-14(11)22(23)25/h6-9,19-20H,4-5,10H2,1-3H3/t19-,20-/m1/s1. The zero-order valence-electron chi connectivity index (χ0n) is 16.5. The van der Waals surface area contributed by atoms with Gasteiger partial charge in [0.15, 0.2) is 28.8 Å². The summed E-state index contributed by atoms with van der Waals surface area (Å²) in [5.41, 5.74) is 2.55. The summed E-state index contributed by atoms with van der Waals surface area (Å²) in [4.78, 5) is 28.7. The molecular weight excluding hydrogens is 374 g/mol. The molecule has 0 radical (unpaired) electrons. The van der Waals surface area contributed by atoms with Gasteiger partial charge < -0.3 is 23.8 Å². The second kappa shape index (κ2) is 6.40. The number of Topliss-reactive ketones (excluding diaryl/α,β-unsaturated/α-hetero) is 1. The number of carbonyl (C=O) groups is 2. The Morgan fingerprint density at radius 1 is 0.966 bits per heavy atom. The van der Waals surface area contributed by atoms with Crippen LogP contribution in [0.15, 0.2) is 24.3 Å². The summed E-state index contributed by atoms with van der Waals surface area (Å²) < 4.78 is 21.8. The molecule has 0 aromatic heterocycles. The molecule has 2 aromatic carbocycles. The summed E-state index contributed by atoms with van der Waals surface area (Å²) >= 11 is 0. The maximum atomic E-state index is 13.5. The maximum absolute atomic E-state index is 13.5. The van der Waals surface area contributed by atoms with Crippen molar-refractivity contribution < 1.29 is 28.5 Å². The third-order valence-electron chi connectivity index (χ3n) is 5.91. The monoisotopic (exact) mass is 395 g/mol. The first-order valence-corrected chi connectivity index (χ1v) is 9.63. The highest BCUT2D eigenvalue weighted by molar-refractivity contribution is 6.11. The number of methoxy groups -OCH3 is 2. The molecule has 2 heterocycles. The number of fused-ring (bicyclic) bond motifs is 6. The fraction of sp³-hybridized carbons (Fsp3) is 0.364. The number of rotatable bonds is 4. The van der Waals surface area contributed by atoms with Gasteiger partial charge in [0.1, 0.15) is 0 Å². The summed E-state index contributed by atoms with van der Waals surface area (Å²) in [6.07, 6.45) is 0.783. The molecule has 29 heavy (non-hydrogen) atoms. The first-order chi connectivity index (χ1) is 14.1. The van der Waals surface area contributed by atoms with E-state index in [0.717, 1.165) is 12.0 Å². The minimum atomic E-state index is -0.494. The van der Waals surface area contributed by atoms with E-state index in [1.165, 1.54) is 7.11 Å². The van der Waals surface area contributed by atoms with E-state index in [0.29, 0.717) is 46.2 Å². The number of nitrogens with zero attached hydrogens (tertiary/aromatic N) is 1. The second-order valence-electron chi connectivity index (χ2n) is 7.37. The average Bonchev–Trinajstić information content (AvgIpc) is 3.31. The van der Waals surface area contributed by atoms with E-state index in [4.69, 9.17) is 18.9 Å². The SMILES string of the molecule is CCCN1C(=O)c2cc(OC)c(OC)cc2[C@H]2C(=O)c3cc4c(cc3[C@H]21)OCO4. The van der Waals surface area contributed by atoms with E-state index in [9.17, 15) is 9.59 Å². The molecule has 0 saturated carbocycles. The molecule has 7 nitrogen and oxygen atoms in total. The summed E-state index contributed by atoms with van der Waals surface area (Å²) in [7, 11) is 3.07. The normalized spacial score (nSPS) is 21.0. The molecule has 0 bridgehead atoms. The van der Waals surface area contributed by atoms with Crippen molar-refractivity contribution in [3.63, 3.8) is 0 Å².